The molecule has 0 N–H and O–H groups in total. The van der Waals surface area contributed by atoms with E-state index in [2.05, 4.69) is 4.98 Å². The van der Waals surface area contributed by atoms with E-state index in [-0.39, 0.29) is 5.69 Å². The molecule has 0 unspecified atom stereocenters. The second kappa shape index (κ2) is 4.65. The van der Waals surface area contributed by atoms with Crippen molar-refractivity contribution in [3.05, 3.63) is 58.9 Å². The van der Waals surface area contributed by atoms with Gasteiger partial charge in [-0.1, -0.05) is 0 Å². The van der Waals surface area contributed by atoms with Crippen molar-refractivity contribution in [3.63, 3.8) is 0 Å². The summed E-state index contributed by atoms with van der Waals surface area (Å²) in [7, 11) is 1.60. The van der Waals surface area contributed by atoms with Gasteiger partial charge in [-0.3, -0.25) is 10.1 Å². The Morgan fingerprint density at radius 2 is 2.00 bits per heavy atom. The first-order valence-corrected chi connectivity index (χ1v) is 5.95. The molecule has 6 nitrogen and oxygen atoms in total. The van der Waals surface area contributed by atoms with Crippen LogP contribution in [-0.2, 0) is 0 Å². The molecule has 6 heteroatoms. The van der Waals surface area contributed by atoms with E-state index in [1.807, 2.05) is 24.3 Å². The Balaban J connectivity index is 2.12. The average Bonchev–Trinajstić information content (AvgIpc) is 2.90. The molecule has 0 amide bonds. The maximum atomic E-state index is 11.0. The zero-order chi connectivity index (χ0) is 14.1. The third-order valence-electron chi connectivity index (χ3n) is 3.04. The van der Waals surface area contributed by atoms with Gasteiger partial charge in [0.2, 0.25) is 5.65 Å². The lowest BCUT2D eigenvalue weighted by Crippen LogP contribution is -1.92. The first kappa shape index (κ1) is 12.2. The van der Waals surface area contributed by atoms with Crippen molar-refractivity contribution in [3.8, 4) is 17.0 Å². The Kier molecular flexibility index (Phi) is 2.83. The summed E-state index contributed by atoms with van der Waals surface area (Å²) in [6.45, 7) is 0. The van der Waals surface area contributed by atoms with Crippen molar-refractivity contribution < 1.29 is 9.66 Å². The molecule has 2 heterocycles. The number of methoxy groups -OCH3 is 1. The lowest BCUT2D eigenvalue weighted by atomic mass is 10.2. The van der Waals surface area contributed by atoms with E-state index in [1.165, 1.54) is 6.07 Å². The number of benzene rings is 1. The fourth-order valence-corrected chi connectivity index (χ4v) is 2.04. The van der Waals surface area contributed by atoms with Crippen LogP contribution in [0.4, 0.5) is 5.69 Å². The minimum Gasteiger partial charge on any atom is -0.497 e. The molecular formula is C14H11N3O3. The first-order chi connectivity index (χ1) is 9.69. The molecule has 20 heavy (non-hydrogen) atoms. The highest BCUT2D eigenvalue weighted by atomic mass is 16.6. The van der Waals surface area contributed by atoms with Crippen LogP contribution in [0.15, 0.2) is 48.8 Å². The molecule has 100 valence electrons. The summed E-state index contributed by atoms with van der Waals surface area (Å²) in [6, 6.07) is 10.5. The second-order valence-corrected chi connectivity index (χ2v) is 4.24. The zero-order valence-corrected chi connectivity index (χ0v) is 10.7. The molecule has 0 fully saturated rings. The van der Waals surface area contributed by atoms with Gasteiger partial charge in [0.15, 0.2) is 0 Å². The van der Waals surface area contributed by atoms with Crippen LogP contribution in [0.2, 0.25) is 0 Å². The van der Waals surface area contributed by atoms with Gasteiger partial charge in [-0.2, -0.15) is 0 Å². The normalized spacial score (nSPS) is 10.7. The van der Waals surface area contributed by atoms with Crippen LogP contribution < -0.4 is 4.74 Å². The van der Waals surface area contributed by atoms with Gasteiger partial charge in [0, 0.05) is 24.0 Å². The third kappa shape index (κ3) is 1.97. The van der Waals surface area contributed by atoms with Crippen molar-refractivity contribution in [2.45, 2.75) is 0 Å². The molecule has 0 spiro atoms. The topological polar surface area (TPSA) is 69.7 Å². The number of hydrogen-bond acceptors (Lipinski definition) is 4. The molecule has 0 aliphatic rings. The summed E-state index contributed by atoms with van der Waals surface area (Å²) >= 11 is 0. The number of imidazole rings is 1. The predicted molar refractivity (Wildman–Crippen MR) is 73.8 cm³/mol. The molecule has 0 radical (unpaired) electrons. The highest BCUT2D eigenvalue weighted by Crippen LogP contribution is 2.25. The Bertz CT molecular complexity index is 778. The summed E-state index contributed by atoms with van der Waals surface area (Å²) in [5.74, 6) is 0.753. The van der Waals surface area contributed by atoms with Gasteiger partial charge in [0.1, 0.15) is 5.75 Å². The lowest BCUT2D eigenvalue weighted by Gasteiger charge is -1.99. The number of nitro groups is 1. The Hall–Kier alpha value is -2.89. The number of pyridine rings is 1. The van der Waals surface area contributed by atoms with Gasteiger partial charge in [0.05, 0.1) is 17.7 Å². The summed E-state index contributed by atoms with van der Waals surface area (Å²) in [6.07, 6.45) is 3.51. The van der Waals surface area contributed by atoms with Gasteiger partial charge in [-0.25, -0.2) is 4.98 Å². The molecule has 0 bridgehead atoms. The van der Waals surface area contributed by atoms with Gasteiger partial charge >= 0.3 is 5.69 Å². The molecule has 0 saturated carbocycles. The highest BCUT2D eigenvalue weighted by Gasteiger charge is 2.15. The number of ether oxygens (including phenoxy) is 1. The van der Waals surface area contributed by atoms with Gasteiger partial charge < -0.3 is 9.14 Å². The molecule has 2 aromatic heterocycles. The number of rotatable bonds is 3. The monoisotopic (exact) mass is 269 g/mol. The van der Waals surface area contributed by atoms with Crippen molar-refractivity contribution in [1.29, 1.82) is 0 Å². The fourth-order valence-electron chi connectivity index (χ4n) is 2.04. The summed E-state index contributed by atoms with van der Waals surface area (Å²) in [5, 5.41) is 11.0. The number of fused-ring (bicyclic) bond motifs is 1. The average molecular weight is 269 g/mol. The first-order valence-electron chi connectivity index (χ1n) is 5.95. The molecule has 1 aromatic carbocycles. The van der Waals surface area contributed by atoms with E-state index < -0.39 is 4.92 Å². The molecule has 3 rings (SSSR count). The summed E-state index contributed by atoms with van der Waals surface area (Å²) < 4.78 is 6.75. The fraction of sp³-hybridized carbons (Fsp3) is 0.0714. The van der Waals surface area contributed by atoms with Crippen molar-refractivity contribution in [2.75, 3.05) is 7.11 Å². The van der Waals surface area contributed by atoms with E-state index >= 15 is 0 Å². The quantitative estimate of drug-likeness (QED) is 0.541. The number of aromatic nitrogens is 2. The maximum absolute atomic E-state index is 11.0. The van der Waals surface area contributed by atoms with Crippen LogP contribution in [-0.4, -0.2) is 21.4 Å². The van der Waals surface area contributed by atoms with E-state index in [0.29, 0.717) is 11.3 Å². The van der Waals surface area contributed by atoms with Crippen LogP contribution in [0.25, 0.3) is 16.9 Å². The van der Waals surface area contributed by atoms with Crippen molar-refractivity contribution >= 4 is 11.3 Å². The van der Waals surface area contributed by atoms with Crippen LogP contribution in [0.1, 0.15) is 0 Å². The molecule has 0 saturated heterocycles. The maximum Gasteiger partial charge on any atom is 0.312 e. The Labute approximate surface area is 114 Å². The molecule has 0 aliphatic heterocycles. The number of hydrogen-bond donors (Lipinski definition) is 0. The SMILES string of the molecule is COc1ccc(-c2cn3cccc([N+](=O)[O-])c3n2)cc1. The van der Waals surface area contributed by atoms with Crippen LogP contribution >= 0.6 is 0 Å². The summed E-state index contributed by atoms with van der Waals surface area (Å²) in [5.41, 5.74) is 1.89. The minimum absolute atomic E-state index is 0.00717. The van der Waals surface area contributed by atoms with Gasteiger partial charge in [-0.05, 0) is 30.3 Å². The standard InChI is InChI=1S/C14H11N3O3/c1-20-11-6-4-10(5-7-11)12-9-16-8-2-3-13(17(18)19)14(16)15-12/h2-9H,1H3. The molecular weight excluding hydrogens is 258 g/mol. The van der Waals surface area contributed by atoms with E-state index in [0.717, 1.165) is 11.3 Å². The van der Waals surface area contributed by atoms with Crippen LogP contribution in [0.3, 0.4) is 0 Å². The van der Waals surface area contributed by atoms with Crippen molar-refractivity contribution in [1.82, 2.24) is 9.38 Å². The second-order valence-electron chi connectivity index (χ2n) is 4.24. The van der Waals surface area contributed by atoms with E-state index in [1.54, 1.807) is 30.0 Å². The third-order valence-corrected chi connectivity index (χ3v) is 3.04. The zero-order valence-electron chi connectivity index (χ0n) is 10.7. The van der Waals surface area contributed by atoms with E-state index in [9.17, 15) is 10.1 Å². The van der Waals surface area contributed by atoms with Crippen LogP contribution in [0.5, 0.6) is 5.75 Å². The van der Waals surface area contributed by atoms with Gasteiger partial charge in [0.25, 0.3) is 0 Å². The molecule has 0 aliphatic carbocycles. The smallest absolute Gasteiger partial charge is 0.312 e. The molecule has 0 atom stereocenters. The number of nitrogens with zero attached hydrogens (tertiary/aromatic N) is 3. The highest BCUT2D eigenvalue weighted by molar-refractivity contribution is 5.68. The Morgan fingerprint density at radius 1 is 1.25 bits per heavy atom. The lowest BCUT2D eigenvalue weighted by molar-refractivity contribution is -0.383. The minimum atomic E-state index is -0.430. The predicted octanol–water partition coefficient (Wildman–Crippen LogP) is 2.92. The van der Waals surface area contributed by atoms with Crippen molar-refractivity contribution in [2.24, 2.45) is 0 Å². The summed E-state index contributed by atoms with van der Waals surface area (Å²) in [4.78, 5) is 14.9. The Morgan fingerprint density at radius 3 is 2.65 bits per heavy atom. The van der Waals surface area contributed by atoms with Gasteiger partial charge in [-0.15, -0.1) is 0 Å². The van der Waals surface area contributed by atoms with Crippen LogP contribution in [0, 0.1) is 10.1 Å². The molecule has 3 aromatic rings. The van der Waals surface area contributed by atoms with E-state index in [4.69, 9.17) is 4.74 Å². The largest absolute Gasteiger partial charge is 0.497 e.